The number of halogens is 6. The molecule has 0 atom stereocenters. The van der Waals surface area contributed by atoms with Gasteiger partial charge in [-0.25, -0.2) is 4.79 Å². The Kier molecular flexibility index (Phi) is 8.27. The quantitative estimate of drug-likeness (QED) is 0.298. The smallest absolute Gasteiger partial charge is 0.412 e. The average Bonchev–Trinajstić information content (AvgIpc) is 2.41. The molecule has 0 heterocycles. The van der Waals surface area contributed by atoms with E-state index in [0.29, 0.717) is 6.20 Å². The molecular weight excluding hydrogens is 371 g/mol. The van der Waals surface area contributed by atoms with Crippen LogP contribution in [0.1, 0.15) is 13.8 Å². The number of alkyl halides is 6. The normalized spacial score (nSPS) is 14.0. The summed E-state index contributed by atoms with van der Waals surface area (Å²) in [4.78, 5) is 11.6. The number of hydrogen-bond acceptors (Lipinski definition) is 6. The highest BCUT2D eigenvalue weighted by Crippen LogP contribution is 2.57. The van der Waals surface area contributed by atoms with Crippen molar-refractivity contribution in [1.82, 2.24) is 5.32 Å². The highest BCUT2D eigenvalue weighted by atomic mass is 31.2. The third-order valence-corrected chi connectivity index (χ3v) is 3.88. The maximum atomic E-state index is 12.4. The topological polar surface area (TPSA) is 73.9 Å². The van der Waals surface area contributed by atoms with Crippen LogP contribution < -0.4 is 5.32 Å². The fourth-order valence-electron chi connectivity index (χ4n) is 1.09. The summed E-state index contributed by atoms with van der Waals surface area (Å²) in [6.07, 6.45) is -9.38. The summed E-state index contributed by atoms with van der Waals surface area (Å²) in [6.45, 7) is -1.27. The van der Waals surface area contributed by atoms with Crippen LogP contribution in [0.4, 0.5) is 26.3 Å². The van der Waals surface area contributed by atoms with Crippen molar-refractivity contribution in [2.45, 2.75) is 32.2 Å². The second-order valence-electron chi connectivity index (χ2n) is 4.62. The lowest BCUT2D eigenvalue weighted by molar-refractivity contribution is -0.165. The lowest BCUT2D eigenvalue weighted by atomic mass is 10.4. The highest BCUT2D eigenvalue weighted by molar-refractivity contribution is 7.59. The SMILES string of the molecule is COC(=O)/C(=C\NC(C)C)P(=O)(OCC(F)(F)F)OCC(F)(F)F. The molecule has 0 aromatic carbocycles. The Morgan fingerprint density at radius 3 is 1.79 bits per heavy atom. The van der Waals surface area contributed by atoms with E-state index in [1.807, 2.05) is 0 Å². The van der Waals surface area contributed by atoms with Crippen LogP contribution in [0.5, 0.6) is 0 Å². The van der Waals surface area contributed by atoms with Gasteiger partial charge in [0.15, 0.2) is 18.5 Å². The maximum absolute atomic E-state index is 12.4. The van der Waals surface area contributed by atoms with Crippen LogP contribution in [-0.2, 0) is 23.1 Å². The van der Waals surface area contributed by atoms with Gasteiger partial charge in [-0.2, -0.15) is 26.3 Å². The van der Waals surface area contributed by atoms with Crippen LogP contribution >= 0.6 is 7.60 Å². The lowest BCUT2D eigenvalue weighted by Crippen LogP contribution is -2.24. The van der Waals surface area contributed by atoms with Gasteiger partial charge in [-0.3, -0.25) is 13.6 Å². The molecule has 0 spiro atoms. The van der Waals surface area contributed by atoms with Crippen molar-refractivity contribution in [3.8, 4) is 0 Å². The largest absolute Gasteiger partial charge is 0.465 e. The Hall–Kier alpha value is -1.26. The maximum Gasteiger partial charge on any atom is 0.412 e. The minimum Gasteiger partial charge on any atom is -0.465 e. The second kappa shape index (κ2) is 8.72. The number of ether oxygens (including phenoxy) is 1. The van der Waals surface area contributed by atoms with E-state index >= 15 is 0 Å². The molecule has 0 saturated heterocycles. The third kappa shape index (κ3) is 9.14. The van der Waals surface area contributed by atoms with Crippen LogP contribution in [0, 0.1) is 0 Å². The average molecular weight is 387 g/mol. The number of carbonyl (C=O) groups excluding carboxylic acids is 1. The zero-order valence-electron chi connectivity index (χ0n) is 12.8. The van der Waals surface area contributed by atoms with Crippen LogP contribution in [-0.4, -0.2) is 44.7 Å². The van der Waals surface area contributed by atoms with Crippen molar-refractivity contribution in [2.24, 2.45) is 0 Å². The van der Waals surface area contributed by atoms with E-state index in [1.54, 1.807) is 13.8 Å². The van der Waals surface area contributed by atoms with Gasteiger partial charge in [-0.05, 0) is 13.8 Å². The number of esters is 1. The van der Waals surface area contributed by atoms with E-state index in [0.717, 1.165) is 7.11 Å². The van der Waals surface area contributed by atoms with E-state index in [2.05, 4.69) is 19.1 Å². The predicted octanol–water partition coefficient (Wildman–Crippen LogP) is 3.35. The summed E-state index contributed by atoms with van der Waals surface area (Å²) in [5.74, 6) is -1.46. The molecule has 0 radical (unpaired) electrons. The summed E-state index contributed by atoms with van der Waals surface area (Å²) in [6, 6.07) is -0.386. The molecule has 6 nitrogen and oxygen atoms in total. The van der Waals surface area contributed by atoms with Crippen molar-refractivity contribution in [3.05, 3.63) is 11.5 Å². The Bertz CT molecular complexity index is 480. The van der Waals surface area contributed by atoms with Gasteiger partial charge in [0.2, 0.25) is 0 Å². The molecule has 0 fully saturated rings. The summed E-state index contributed by atoms with van der Waals surface area (Å²) in [7, 11) is -4.47. The summed E-state index contributed by atoms with van der Waals surface area (Å²) < 4.78 is 98.1. The highest BCUT2D eigenvalue weighted by Gasteiger charge is 2.43. The van der Waals surface area contributed by atoms with Gasteiger partial charge >= 0.3 is 25.9 Å². The molecule has 0 aliphatic heterocycles. The van der Waals surface area contributed by atoms with Gasteiger partial charge in [0.1, 0.15) is 0 Å². The second-order valence-corrected chi connectivity index (χ2v) is 6.61. The van der Waals surface area contributed by atoms with Gasteiger partial charge in [-0.15, -0.1) is 0 Å². The molecule has 0 aliphatic rings. The zero-order valence-corrected chi connectivity index (χ0v) is 13.7. The molecule has 24 heavy (non-hydrogen) atoms. The first kappa shape index (κ1) is 22.7. The van der Waals surface area contributed by atoms with E-state index < -0.39 is 44.4 Å². The Morgan fingerprint density at radius 1 is 1.08 bits per heavy atom. The van der Waals surface area contributed by atoms with E-state index in [4.69, 9.17) is 0 Å². The molecule has 0 bridgehead atoms. The molecule has 0 unspecified atom stereocenters. The van der Waals surface area contributed by atoms with Gasteiger partial charge < -0.3 is 10.1 Å². The van der Waals surface area contributed by atoms with Crippen molar-refractivity contribution in [3.63, 3.8) is 0 Å². The number of carbonyl (C=O) groups is 1. The third-order valence-electron chi connectivity index (χ3n) is 2.04. The van der Waals surface area contributed by atoms with Crippen molar-refractivity contribution in [1.29, 1.82) is 0 Å². The van der Waals surface area contributed by atoms with Crippen LogP contribution in [0.3, 0.4) is 0 Å². The van der Waals surface area contributed by atoms with Gasteiger partial charge in [0.05, 0.1) is 7.11 Å². The Morgan fingerprint density at radius 2 is 1.50 bits per heavy atom. The van der Waals surface area contributed by atoms with Crippen molar-refractivity contribution in [2.75, 3.05) is 20.3 Å². The predicted molar refractivity (Wildman–Crippen MR) is 70.0 cm³/mol. The minimum absolute atomic E-state index is 0.386. The van der Waals surface area contributed by atoms with Crippen LogP contribution in [0.2, 0.25) is 0 Å². The molecule has 1 N–H and O–H groups in total. The van der Waals surface area contributed by atoms with E-state index in [9.17, 15) is 35.7 Å². The minimum atomic E-state index is -5.27. The number of methoxy groups -OCH3 is 1. The van der Waals surface area contributed by atoms with Gasteiger partial charge in [-0.1, -0.05) is 0 Å². The molecule has 0 rings (SSSR count). The van der Waals surface area contributed by atoms with E-state index in [-0.39, 0.29) is 6.04 Å². The number of nitrogens with one attached hydrogen (secondary N) is 1. The first-order valence-corrected chi connectivity index (χ1v) is 7.82. The molecular formula is C11H16F6NO5P. The molecule has 0 aromatic heterocycles. The molecule has 0 amide bonds. The molecule has 13 heteroatoms. The standard InChI is InChI=1S/C11H16F6NO5P/c1-7(2)18-4-8(9(19)21-3)24(20,22-5-10(12,13)14)23-6-11(15,16)17/h4,7,18H,5-6H2,1-3H3/b8-4+. The Balaban J connectivity index is 5.68. The molecule has 0 aromatic rings. The number of hydrogen-bond donors (Lipinski definition) is 1. The van der Waals surface area contributed by atoms with Gasteiger partial charge in [0.25, 0.3) is 0 Å². The monoisotopic (exact) mass is 387 g/mol. The first-order valence-electron chi connectivity index (χ1n) is 6.28. The summed E-state index contributed by atoms with van der Waals surface area (Å²) in [5, 5.41) is 1.28. The fraction of sp³-hybridized carbons (Fsp3) is 0.727. The molecule has 0 saturated carbocycles. The number of rotatable bonds is 8. The van der Waals surface area contributed by atoms with Crippen LogP contribution in [0.15, 0.2) is 11.5 Å². The van der Waals surface area contributed by atoms with Crippen molar-refractivity contribution < 1.29 is 49.5 Å². The lowest BCUT2D eigenvalue weighted by Gasteiger charge is -2.21. The first-order chi connectivity index (χ1) is 10.7. The summed E-state index contributed by atoms with van der Waals surface area (Å²) in [5.41, 5.74) is 0. The zero-order chi connectivity index (χ0) is 19.2. The summed E-state index contributed by atoms with van der Waals surface area (Å²) >= 11 is 0. The van der Waals surface area contributed by atoms with Crippen molar-refractivity contribution >= 4 is 13.6 Å². The molecule has 142 valence electrons. The van der Waals surface area contributed by atoms with Crippen LogP contribution in [0.25, 0.3) is 0 Å². The fourth-order valence-corrected chi connectivity index (χ4v) is 2.63. The molecule has 0 aliphatic carbocycles. The Labute approximate surface area is 133 Å². The van der Waals surface area contributed by atoms with E-state index in [1.165, 1.54) is 0 Å². The van der Waals surface area contributed by atoms with Gasteiger partial charge in [0, 0.05) is 12.2 Å².